The molecule has 22 heavy (non-hydrogen) atoms. The van der Waals surface area contributed by atoms with E-state index in [-0.39, 0.29) is 26.2 Å². The molecule has 0 fully saturated rings. The molecule has 0 bridgehead atoms. The Morgan fingerprint density at radius 2 is 1.82 bits per heavy atom. The molecule has 0 saturated carbocycles. The Bertz CT molecular complexity index is 859. The smallest absolute Gasteiger partial charge is 0.397 e. The summed E-state index contributed by atoms with van der Waals surface area (Å²) in [6, 6.07) is 1.86. The number of hydrogen-bond donors (Lipinski definition) is 3. The molecule has 0 radical (unpaired) electrons. The Morgan fingerprint density at radius 1 is 1.18 bits per heavy atom. The highest BCUT2D eigenvalue weighted by atomic mass is 32.1. The van der Waals surface area contributed by atoms with Gasteiger partial charge in [-0.05, 0) is 12.1 Å². The molecule has 1 aromatic carbocycles. The summed E-state index contributed by atoms with van der Waals surface area (Å²) in [5.74, 6) is 2.50. The Labute approximate surface area is 125 Å². The molecule has 1 heterocycles. The first-order valence-corrected chi connectivity index (χ1v) is 6.48. The van der Waals surface area contributed by atoms with Gasteiger partial charge < -0.3 is 17.2 Å². The average Bonchev–Trinajstić information content (AvgIpc) is 2.73. The van der Waals surface area contributed by atoms with Gasteiger partial charge in [-0.25, -0.2) is 0 Å². The van der Waals surface area contributed by atoms with Crippen LogP contribution in [0.25, 0.3) is 10.1 Å². The number of benzene rings is 1. The third kappa shape index (κ3) is 2.68. The van der Waals surface area contributed by atoms with Gasteiger partial charge in [0.25, 0.3) is 11.8 Å². The third-order valence-electron chi connectivity index (χ3n) is 2.73. The second kappa shape index (κ2) is 5.23. The van der Waals surface area contributed by atoms with Gasteiger partial charge in [0.15, 0.2) is 0 Å². The number of carbonyl (C=O) groups is 2. The van der Waals surface area contributed by atoms with Crippen molar-refractivity contribution in [2.24, 2.45) is 11.5 Å². The highest BCUT2D eigenvalue weighted by Gasteiger charge is 2.35. The van der Waals surface area contributed by atoms with Crippen LogP contribution in [0.2, 0.25) is 0 Å². The van der Waals surface area contributed by atoms with Crippen LogP contribution in [-0.4, -0.2) is 11.8 Å². The molecular formula is C13H8F3N3O2S. The Morgan fingerprint density at radius 3 is 2.32 bits per heavy atom. The van der Waals surface area contributed by atoms with Crippen molar-refractivity contribution in [3.05, 3.63) is 28.1 Å². The second-order valence-electron chi connectivity index (χ2n) is 4.19. The molecule has 0 atom stereocenters. The lowest BCUT2D eigenvalue weighted by atomic mass is 10.0. The average molecular weight is 327 g/mol. The van der Waals surface area contributed by atoms with E-state index in [0.29, 0.717) is 11.3 Å². The lowest BCUT2D eigenvalue weighted by Crippen LogP contribution is -2.11. The van der Waals surface area contributed by atoms with Crippen LogP contribution in [0.5, 0.6) is 0 Å². The Kier molecular flexibility index (Phi) is 3.72. The van der Waals surface area contributed by atoms with Gasteiger partial charge in [0.05, 0.1) is 16.0 Å². The summed E-state index contributed by atoms with van der Waals surface area (Å²) in [5.41, 5.74) is 14.4. The minimum Gasteiger partial charge on any atom is -0.397 e. The molecule has 0 saturated heterocycles. The molecule has 114 valence electrons. The molecule has 0 aliphatic carbocycles. The zero-order chi connectivity index (χ0) is 16.7. The van der Waals surface area contributed by atoms with E-state index in [1.807, 2.05) is 5.92 Å². The third-order valence-corrected chi connectivity index (χ3v) is 3.98. The molecule has 2 aromatic rings. The van der Waals surface area contributed by atoms with Gasteiger partial charge in [-0.3, -0.25) is 9.59 Å². The molecule has 9 heteroatoms. The molecule has 1 aromatic heterocycles. The summed E-state index contributed by atoms with van der Waals surface area (Å²) in [6.45, 7) is 0. The van der Waals surface area contributed by atoms with E-state index in [4.69, 9.17) is 17.2 Å². The van der Waals surface area contributed by atoms with Crippen molar-refractivity contribution in [2.75, 3.05) is 5.73 Å². The van der Waals surface area contributed by atoms with Crippen LogP contribution in [0.3, 0.4) is 0 Å². The molecule has 0 spiro atoms. The fraction of sp³-hybridized carbons (Fsp3) is 0.0769. The van der Waals surface area contributed by atoms with Crippen molar-refractivity contribution >= 4 is 38.9 Å². The largest absolute Gasteiger partial charge is 0.417 e. The molecule has 6 N–H and O–H groups in total. The summed E-state index contributed by atoms with van der Waals surface area (Å²) in [7, 11) is 0. The van der Waals surface area contributed by atoms with Crippen molar-refractivity contribution in [2.45, 2.75) is 6.18 Å². The fourth-order valence-electron chi connectivity index (χ4n) is 1.87. The normalized spacial score (nSPS) is 11.0. The van der Waals surface area contributed by atoms with Gasteiger partial charge in [0.1, 0.15) is 4.88 Å². The minimum absolute atomic E-state index is 0.0230. The van der Waals surface area contributed by atoms with E-state index in [2.05, 4.69) is 5.92 Å². The van der Waals surface area contributed by atoms with Crippen molar-refractivity contribution in [3.63, 3.8) is 0 Å². The highest BCUT2D eigenvalue weighted by Crippen LogP contribution is 2.43. The van der Waals surface area contributed by atoms with Crippen molar-refractivity contribution in [1.29, 1.82) is 0 Å². The maximum Gasteiger partial charge on any atom is 0.417 e. The number of anilines is 1. The maximum absolute atomic E-state index is 13.1. The van der Waals surface area contributed by atoms with E-state index in [0.717, 1.165) is 12.1 Å². The number of fused-ring (bicyclic) bond motifs is 1. The predicted octanol–water partition coefficient (Wildman–Crippen LogP) is 1.44. The molecule has 0 aliphatic heterocycles. The minimum atomic E-state index is -4.67. The summed E-state index contributed by atoms with van der Waals surface area (Å²) in [5, 5.41) is -0.359. The molecule has 5 nitrogen and oxygen atoms in total. The van der Waals surface area contributed by atoms with E-state index in [9.17, 15) is 22.8 Å². The van der Waals surface area contributed by atoms with Crippen LogP contribution >= 0.6 is 11.3 Å². The van der Waals surface area contributed by atoms with Crippen LogP contribution in [0, 0.1) is 11.8 Å². The molecule has 2 rings (SSSR count). The number of thiophene rings is 1. The zero-order valence-corrected chi connectivity index (χ0v) is 11.6. The number of rotatable bonds is 1. The van der Waals surface area contributed by atoms with Crippen LogP contribution in [0.4, 0.5) is 18.9 Å². The summed E-state index contributed by atoms with van der Waals surface area (Å²) in [4.78, 5) is 21.8. The van der Waals surface area contributed by atoms with Gasteiger partial charge in [-0.2, -0.15) is 13.2 Å². The summed E-state index contributed by atoms with van der Waals surface area (Å²) < 4.78 is 39.3. The van der Waals surface area contributed by atoms with E-state index < -0.39 is 23.6 Å². The van der Waals surface area contributed by atoms with Crippen LogP contribution in [0.1, 0.15) is 20.8 Å². The van der Waals surface area contributed by atoms with Crippen LogP contribution in [0.15, 0.2) is 12.1 Å². The molecule has 0 aliphatic rings. The van der Waals surface area contributed by atoms with E-state index in [1.165, 1.54) is 0 Å². The number of halogens is 3. The first kappa shape index (κ1) is 15.7. The quantitative estimate of drug-likeness (QED) is 0.689. The number of hydrogen-bond acceptors (Lipinski definition) is 4. The molecule has 2 amide bonds. The lowest BCUT2D eigenvalue weighted by Gasteiger charge is -2.09. The van der Waals surface area contributed by atoms with E-state index in [1.54, 1.807) is 0 Å². The number of primary amides is 2. The van der Waals surface area contributed by atoms with Crippen molar-refractivity contribution < 1.29 is 22.8 Å². The van der Waals surface area contributed by atoms with Gasteiger partial charge in [-0.15, -0.1) is 11.3 Å². The number of nitrogen functional groups attached to an aromatic ring is 1. The molecule has 0 unspecified atom stereocenters. The summed E-state index contributed by atoms with van der Waals surface area (Å²) >= 11 is 0.686. The van der Waals surface area contributed by atoms with Gasteiger partial charge >= 0.3 is 6.18 Å². The first-order valence-electron chi connectivity index (χ1n) is 5.66. The topological polar surface area (TPSA) is 112 Å². The molecular weight excluding hydrogens is 319 g/mol. The SMILES string of the molecule is NC(=O)C#Cc1ccc(C(F)(F)F)c2c(N)c(C(N)=O)sc12. The maximum atomic E-state index is 13.1. The van der Waals surface area contributed by atoms with Crippen LogP contribution < -0.4 is 17.2 Å². The van der Waals surface area contributed by atoms with Gasteiger partial charge in [0, 0.05) is 16.9 Å². The second-order valence-corrected chi connectivity index (χ2v) is 5.21. The lowest BCUT2D eigenvalue weighted by molar-refractivity contribution is -0.136. The standard InChI is InChI=1S/C13H8F3N3O2S/c14-13(15,16)6-3-1-5(2-4-7(17)20)10-8(6)9(18)11(22-10)12(19)21/h1,3H,18H2,(H2,17,20)(H2,19,21). The fourth-order valence-corrected chi connectivity index (χ4v) is 2.94. The number of amides is 2. The highest BCUT2D eigenvalue weighted by molar-refractivity contribution is 7.21. The van der Waals surface area contributed by atoms with Gasteiger partial charge in [0.2, 0.25) is 0 Å². The van der Waals surface area contributed by atoms with Crippen LogP contribution in [-0.2, 0) is 11.0 Å². The van der Waals surface area contributed by atoms with Crippen molar-refractivity contribution in [3.8, 4) is 11.8 Å². The number of carbonyl (C=O) groups excluding carboxylic acids is 2. The Hall–Kier alpha value is -2.73. The summed E-state index contributed by atoms with van der Waals surface area (Å²) in [6.07, 6.45) is -4.67. The Balaban J connectivity index is 2.90. The zero-order valence-electron chi connectivity index (χ0n) is 10.7. The number of alkyl halides is 3. The monoisotopic (exact) mass is 327 g/mol. The number of nitrogens with two attached hydrogens (primary N) is 3. The van der Waals surface area contributed by atoms with Crippen molar-refractivity contribution in [1.82, 2.24) is 0 Å². The van der Waals surface area contributed by atoms with Gasteiger partial charge in [-0.1, -0.05) is 5.92 Å². The first-order chi connectivity index (χ1) is 10.1. The van der Waals surface area contributed by atoms with E-state index >= 15 is 0 Å². The predicted molar refractivity (Wildman–Crippen MR) is 75.8 cm³/mol.